The Bertz CT molecular complexity index is 446. The van der Waals surface area contributed by atoms with Gasteiger partial charge in [-0.05, 0) is 12.8 Å². The van der Waals surface area contributed by atoms with Gasteiger partial charge in [-0.3, -0.25) is 4.79 Å². The van der Waals surface area contributed by atoms with E-state index < -0.39 is 42.6 Å². The molecule has 0 spiro atoms. The lowest BCUT2D eigenvalue weighted by atomic mass is 9.97. The number of aliphatic hydroxyl groups is 3. The number of carbonyl (C=O) groups excluding carboxylic acids is 2. The summed E-state index contributed by atoms with van der Waals surface area (Å²) >= 11 is 0. The van der Waals surface area contributed by atoms with Crippen molar-refractivity contribution in [1.29, 1.82) is 0 Å². The monoisotopic (exact) mass is 360 g/mol. The van der Waals surface area contributed by atoms with Gasteiger partial charge in [0.2, 0.25) is 6.29 Å². The zero-order valence-electron chi connectivity index (χ0n) is 14.7. The predicted molar refractivity (Wildman–Crippen MR) is 87.2 cm³/mol. The van der Waals surface area contributed by atoms with Gasteiger partial charge in [0, 0.05) is 0 Å². The molecule has 0 saturated carbocycles. The minimum atomic E-state index is -1.72. The third-order valence-corrected chi connectivity index (χ3v) is 3.99. The van der Waals surface area contributed by atoms with Crippen molar-refractivity contribution in [3.63, 3.8) is 0 Å². The second kappa shape index (κ2) is 10.5. The van der Waals surface area contributed by atoms with Gasteiger partial charge in [0.05, 0.1) is 5.92 Å². The zero-order valence-corrected chi connectivity index (χ0v) is 14.7. The molecule has 1 aliphatic rings. The van der Waals surface area contributed by atoms with Crippen LogP contribution in [0.2, 0.25) is 0 Å². The minimum Gasteiger partial charge on any atom is -0.459 e. The molecule has 0 aliphatic carbocycles. The van der Waals surface area contributed by atoms with E-state index in [1.165, 1.54) is 6.08 Å². The summed E-state index contributed by atoms with van der Waals surface area (Å²) in [4.78, 5) is 24.2. The van der Waals surface area contributed by atoms with E-state index in [1.807, 2.05) is 13.8 Å². The van der Waals surface area contributed by atoms with Crippen molar-refractivity contribution in [2.24, 2.45) is 5.92 Å². The van der Waals surface area contributed by atoms with Crippen LogP contribution in [-0.2, 0) is 23.8 Å². The van der Waals surface area contributed by atoms with Gasteiger partial charge >= 0.3 is 11.9 Å². The Hall–Kier alpha value is -1.48. The van der Waals surface area contributed by atoms with Crippen molar-refractivity contribution in [2.45, 2.75) is 70.2 Å². The molecule has 1 fully saturated rings. The van der Waals surface area contributed by atoms with Crippen molar-refractivity contribution in [2.75, 3.05) is 6.61 Å². The third-order valence-electron chi connectivity index (χ3n) is 3.99. The van der Waals surface area contributed by atoms with Gasteiger partial charge in [-0.25, -0.2) is 4.79 Å². The zero-order chi connectivity index (χ0) is 19.0. The average molecular weight is 360 g/mol. The number of hydrogen-bond donors (Lipinski definition) is 3. The Morgan fingerprint density at radius 2 is 1.72 bits per heavy atom. The molecule has 0 bridgehead atoms. The molecular weight excluding hydrogens is 332 g/mol. The Labute approximate surface area is 147 Å². The number of ether oxygens (including phenoxy) is 3. The standard InChI is InChI=1S/C17H28O8/c1-4-7-10(8-5-2)15(21)25-17-13(20)11(18)12(19)14(24-17)16(22)23-9-6-3/h6,10-14,17-20H,3-5,7-9H2,1-2H3/t11-,12-,13+,14-,17-/m0/s1. The maximum absolute atomic E-state index is 12.3. The smallest absolute Gasteiger partial charge is 0.338 e. The van der Waals surface area contributed by atoms with Gasteiger partial charge in [-0.1, -0.05) is 39.3 Å². The van der Waals surface area contributed by atoms with Crippen molar-refractivity contribution in [1.82, 2.24) is 0 Å². The van der Waals surface area contributed by atoms with Crippen LogP contribution < -0.4 is 0 Å². The fourth-order valence-corrected chi connectivity index (χ4v) is 2.65. The summed E-state index contributed by atoms with van der Waals surface area (Å²) in [6.45, 7) is 7.16. The van der Waals surface area contributed by atoms with Gasteiger partial charge in [0.1, 0.15) is 24.9 Å². The molecule has 5 atom stereocenters. The minimum absolute atomic E-state index is 0.108. The molecule has 0 aromatic carbocycles. The van der Waals surface area contributed by atoms with Crippen molar-refractivity contribution >= 4 is 11.9 Å². The van der Waals surface area contributed by atoms with Crippen LogP contribution in [0.1, 0.15) is 39.5 Å². The highest BCUT2D eigenvalue weighted by atomic mass is 16.7. The lowest BCUT2D eigenvalue weighted by Gasteiger charge is -2.38. The van der Waals surface area contributed by atoms with Gasteiger partial charge in [0.25, 0.3) is 0 Å². The summed E-state index contributed by atoms with van der Waals surface area (Å²) in [5.74, 6) is -1.88. The maximum Gasteiger partial charge on any atom is 0.338 e. The summed E-state index contributed by atoms with van der Waals surface area (Å²) < 4.78 is 15.2. The molecule has 1 saturated heterocycles. The van der Waals surface area contributed by atoms with Gasteiger partial charge in [-0.2, -0.15) is 0 Å². The molecule has 0 amide bonds. The summed E-state index contributed by atoms with van der Waals surface area (Å²) in [5, 5.41) is 29.8. The molecule has 0 radical (unpaired) electrons. The van der Waals surface area contributed by atoms with Crippen LogP contribution in [0.5, 0.6) is 0 Å². The molecule has 8 nitrogen and oxygen atoms in total. The topological polar surface area (TPSA) is 123 Å². The Kier molecular flexibility index (Phi) is 9.05. The summed E-state index contributed by atoms with van der Waals surface area (Å²) in [6, 6.07) is 0. The first-order chi connectivity index (χ1) is 11.9. The van der Waals surface area contributed by atoms with Crippen LogP contribution in [0.4, 0.5) is 0 Å². The molecule has 25 heavy (non-hydrogen) atoms. The predicted octanol–water partition coefficient (Wildman–Crippen LogP) is 0.283. The summed E-state index contributed by atoms with van der Waals surface area (Å²) in [6.07, 6.45) is -4.11. The number of rotatable bonds is 9. The molecule has 3 N–H and O–H groups in total. The molecular formula is C17H28O8. The van der Waals surface area contributed by atoms with Gasteiger partial charge in [0.15, 0.2) is 6.10 Å². The second-order valence-corrected chi connectivity index (χ2v) is 6.03. The number of aliphatic hydroxyl groups excluding tert-OH is 3. The van der Waals surface area contributed by atoms with Crippen LogP contribution in [0.25, 0.3) is 0 Å². The first-order valence-corrected chi connectivity index (χ1v) is 8.54. The van der Waals surface area contributed by atoms with Gasteiger partial charge in [-0.15, -0.1) is 0 Å². The normalized spacial score (nSPS) is 29.3. The fourth-order valence-electron chi connectivity index (χ4n) is 2.65. The summed E-state index contributed by atoms with van der Waals surface area (Å²) in [5.41, 5.74) is 0. The molecule has 1 aliphatic heterocycles. The van der Waals surface area contributed by atoms with Crippen molar-refractivity contribution < 1.29 is 39.1 Å². The number of esters is 2. The van der Waals surface area contributed by atoms with E-state index in [0.29, 0.717) is 12.8 Å². The highest BCUT2D eigenvalue weighted by molar-refractivity contribution is 5.76. The van der Waals surface area contributed by atoms with E-state index >= 15 is 0 Å². The largest absolute Gasteiger partial charge is 0.459 e. The molecule has 1 rings (SSSR count). The molecule has 0 aromatic rings. The number of carbonyl (C=O) groups is 2. The second-order valence-electron chi connectivity index (χ2n) is 6.03. The van der Waals surface area contributed by atoms with Crippen LogP contribution >= 0.6 is 0 Å². The molecule has 0 aromatic heterocycles. The van der Waals surface area contributed by atoms with Crippen molar-refractivity contribution in [3.05, 3.63) is 12.7 Å². The third kappa shape index (κ3) is 5.78. The SMILES string of the molecule is C=CCOC(=O)[C@H]1O[C@@H](OC(=O)C(CCC)CCC)[C@H](O)[C@@H](O)[C@@H]1O. The summed E-state index contributed by atoms with van der Waals surface area (Å²) in [7, 11) is 0. The van der Waals surface area contributed by atoms with E-state index in [4.69, 9.17) is 14.2 Å². The van der Waals surface area contributed by atoms with Crippen LogP contribution in [0, 0.1) is 5.92 Å². The van der Waals surface area contributed by atoms with E-state index in [-0.39, 0.29) is 12.5 Å². The highest BCUT2D eigenvalue weighted by Crippen LogP contribution is 2.25. The molecule has 1 heterocycles. The average Bonchev–Trinajstić information content (AvgIpc) is 2.59. The Morgan fingerprint density at radius 1 is 1.12 bits per heavy atom. The molecule has 0 unspecified atom stereocenters. The highest BCUT2D eigenvalue weighted by Gasteiger charge is 2.49. The number of hydrogen-bond acceptors (Lipinski definition) is 8. The van der Waals surface area contributed by atoms with E-state index in [0.717, 1.165) is 12.8 Å². The van der Waals surface area contributed by atoms with Crippen LogP contribution in [0.3, 0.4) is 0 Å². The van der Waals surface area contributed by atoms with Gasteiger partial charge < -0.3 is 29.5 Å². The van der Waals surface area contributed by atoms with E-state index in [9.17, 15) is 24.9 Å². The molecule has 8 heteroatoms. The molecule has 144 valence electrons. The Balaban J connectivity index is 2.81. The van der Waals surface area contributed by atoms with Crippen molar-refractivity contribution in [3.8, 4) is 0 Å². The lowest BCUT2D eigenvalue weighted by Crippen LogP contribution is -2.61. The quantitative estimate of drug-likeness (QED) is 0.396. The maximum atomic E-state index is 12.3. The first kappa shape index (κ1) is 21.6. The van der Waals surface area contributed by atoms with E-state index in [1.54, 1.807) is 0 Å². The van der Waals surface area contributed by atoms with Crippen LogP contribution in [0.15, 0.2) is 12.7 Å². The Morgan fingerprint density at radius 3 is 2.24 bits per heavy atom. The fraction of sp³-hybridized carbons (Fsp3) is 0.765. The lowest BCUT2D eigenvalue weighted by molar-refractivity contribution is -0.288. The van der Waals surface area contributed by atoms with Crippen LogP contribution in [-0.4, -0.2) is 64.6 Å². The van der Waals surface area contributed by atoms with E-state index in [2.05, 4.69) is 6.58 Å². The first-order valence-electron chi connectivity index (χ1n) is 8.54.